The van der Waals surface area contributed by atoms with Gasteiger partial charge in [-0.1, -0.05) is 0 Å². The van der Waals surface area contributed by atoms with Crippen molar-refractivity contribution in [3.8, 4) is 0 Å². The van der Waals surface area contributed by atoms with Gasteiger partial charge in [0.15, 0.2) is 5.78 Å². The molecule has 196 valence electrons. The van der Waals surface area contributed by atoms with E-state index in [0.29, 0.717) is 30.5 Å². The van der Waals surface area contributed by atoms with Gasteiger partial charge in [-0.25, -0.2) is 14.8 Å². The van der Waals surface area contributed by atoms with Crippen molar-refractivity contribution in [2.24, 2.45) is 11.8 Å². The molecule has 2 heterocycles. The topological polar surface area (TPSA) is 87.7 Å². The third kappa shape index (κ3) is 6.43. The summed E-state index contributed by atoms with van der Waals surface area (Å²) in [6, 6.07) is 3.80. The first-order chi connectivity index (χ1) is 17.1. The Balaban J connectivity index is 1.19. The van der Waals surface area contributed by atoms with Gasteiger partial charge in [-0.3, -0.25) is 9.69 Å². The number of benzene rings is 1. The molecule has 2 aromatic rings. The van der Waals surface area contributed by atoms with E-state index in [2.05, 4.69) is 20.2 Å². The summed E-state index contributed by atoms with van der Waals surface area (Å²) in [5, 5.41) is 3.14. The van der Waals surface area contributed by atoms with E-state index in [1.807, 2.05) is 0 Å². The van der Waals surface area contributed by atoms with Crippen molar-refractivity contribution in [3.63, 3.8) is 0 Å². The zero-order valence-corrected chi connectivity index (χ0v) is 20.6. The molecule has 1 aromatic carbocycles. The second-order valence-electron chi connectivity index (χ2n) is 10.0. The summed E-state index contributed by atoms with van der Waals surface area (Å²) >= 11 is 0. The van der Waals surface area contributed by atoms with E-state index in [-0.39, 0.29) is 35.5 Å². The number of likely N-dealkylation sites (tertiary alicyclic amines) is 1. The van der Waals surface area contributed by atoms with E-state index in [0.717, 1.165) is 50.9 Å². The van der Waals surface area contributed by atoms with Crippen molar-refractivity contribution in [3.05, 3.63) is 30.1 Å². The van der Waals surface area contributed by atoms with Crippen molar-refractivity contribution in [1.82, 2.24) is 19.8 Å². The van der Waals surface area contributed by atoms with E-state index < -0.39 is 11.7 Å². The van der Waals surface area contributed by atoms with E-state index in [1.54, 1.807) is 14.1 Å². The SMILES string of the molecule is CN(C)C(=O)OCC1CCC(N2CC(CC(=O)CNc3ncnc4ccc(C(F)(F)F)cc34)C2)CC1. The Morgan fingerprint density at radius 1 is 1.11 bits per heavy atom. The molecule has 1 saturated heterocycles. The van der Waals surface area contributed by atoms with Crippen LogP contribution in [0.1, 0.15) is 37.7 Å². The summed E-state index contributed by atoms with van der Waals surface area (Å²) in [6.07, 6.45) is 1.10. The van der Waals surface area contributed by atoms with Crippen LogP contribution in [0.5, 0.6) is 0 Å². The van der Waals surface area contributed by atoms with Gasteiger partial charge in [0, 0.05) is 45.0 Å². The van der Waals surface area contributed by atoms with Gasteiger partial charge in [-0.2, -0.15) is 13.2 Å². The molecule has 1 aliphatic carbocycles. The number of aromatic nitrogens is 2. The first-order valence-corrected chi connectivity index (χ1v) is 12.3. The van der Waals surface area contributed by atoms with E-state index in [9.17, 15) is 22.8 Å². The van der Waals surface area contributed by atoms with Crippen molar-refractivity contribution in [1.29, 1.82) is 0 Å². The number of nitrogens with one attached hydrogen (secondary N) is 1. The van der Waals surface area contributed by atoms with Crippen LogP contribution in [0.2, 0.25) is 0 Å². The second-order valence-corrected chi connectivity index (χ2v) is 10.0. The molecule has 11 heteroatoms. The molecule has 0 atom stereocenters. The second kappa shape index (κ2) is 11.0. The van der Waals surface area contributed by atoms with Crippen molar-refractivity contribution in [2.75, 3.05) is 45.7 Å². The minimum atomic E-state index is -4.47. The van der Waals surface area contributed by atoms with Crippen LogP contribution >= 0.6 is 0 Å². The Bertz CT molecular complexity index is 1080. The van der Waals surface area contributed by atoms with Gasteiger partial charge in [0.2, 0.25) is 0 Å². The summed E-state index contributed by atoms with van der Waals surface area (Å²) < 4.78 is 44.6. The quantitative estimate of drug-likeness (QED) is 0.573. The summed E-state index contributed by atoms with van der Waals surface area (Å²) in [6.45, 7) is 2.23. The van der Waals surface area contributed by atoms with E-state index in [4.69, 9.17) is 4.74 Å². The number of fused-ring (bicyclic) bond motifs is 1. The van der Waals surface area contributed by atoms with Crippen molar-refractivity contribution >= 4 is 28.6 Å². The van der Waals surface area contributed by atoms with Crippen molar-refractivity contribution < 1.29 is 27.5 Å². The molecular weight excluding hydrogens is 475 g/mol. The Kier molecular flexibility index (Phi) is 7.97. The van der Waals surface area contributed by atoms with Crippen LogP contribution in [-0.4, -0.2) is 78.0 Å². The predicted octanol–water partition coefficient (Wildman–Crippen LogP) is 4.21. The van der Waals surface area contributed by atoms with Gasteiger partial charge in [0.25, 0.3) is 0 Å². The average Bonchev–Trinajstić information content (AvgIpc) is 2.82. The molecule has 1 saturated carbocycles. The number of ether oxygens (including phenoxy) is 1. The monoisotopic (exact) mass is 507 g/mol. The summed E-state index contributed by atoms with van der Waals surface area (Å²) in [4.78, 5) is 36.0. The average molecular weight is 508 g/mol. The molecule has 1 amide bonds. The normalized spacial score (nSPS) is 21.1. The molecule has 4 rings (SSSR count). The van der Waals surface area contributed by atoms with E-state index >= 15 is 0 Å². The number of rotatable bonds is 8. The standard InChI is InChI=1S/C25H32F3N5O3/c1-32(2)24(35)36-14-16-3-6-19(7-4-16)33-12-17(13-33)9-20(34)11-29-23-21-10-18(25(26,27)28)5-8-22(21)30-15-31-23/h5,8,10,15-17,19H,3-4,6-7,9,11-14H2,1-2H3,(H,29,30,31). The molecule has 1 N–H and O–H groups in total. The molecule has 0 bridgehead atoms. The third-order valence-electron chi connectivity index (χ3n) is 7.06. The number of ketones is 1. The molecule has 36 heavy (non-hydrogen) atoms. The lowest BCUT2D eigenvalue weighted by molar-refractivity contribution is -0.137. The fourth-order valence-electron chi connectivity index (χ4n) is 4.98. The zero-order valence-electron chi connectivity index (χ0n) is 20.6. The zero-order chi connectivity index (χ0) is 25.9. The molecule has 1 aromatic heterocycles. The number of carbonyl (C=O) groups excluding carboxylic acids is 2. The summed E-state index contributed by atoms with van der Waals surface area (Å²) in [5.41, 5.74) is -0.398. The lowest BCUT2D eigenvalue weighted by Crippen LogP contribution is -2.53. The number of alkyl halides is 3. The van der Waals surface area contributed by atoms with Crippen molar-refractivity contribution in [2.45, 2.75) is 44.3 Å². The van der Waals surface area contributed by atoms with E-state index in [1.165, 1.54) is 17.3 Å². The van der Waals surface area contributed by atoms with Crippen LogP contribution in [0.25, 0.3) is 10.9 Å². The number of anilines is 1. The number of halogens is 3. The first kappa shape index (κ1) is 26.1. The fraction of sp³-hybridized carbons (Fsp3) is 0.600. The maximum Gasteiger partial charge on any atom is 0.416 e. The predicted molar refractivity (Wildman–Crippen MR) is 128 cm³/mol. The van der Waals surface area contributed by atoms with Crippen LogP contribution in [0.3, 0.4) is 0 Å². The number of hydrogen-bond donors (Lipinski definition) is 1. The summed E-state index contributed by atoms with van der Waals surface area (Å²) in [7, 11) is 3.34. The fourth-order valence-corrected chi connectivity index (χ4v) is 4.98. The molecule has 2 fully saturated rings. The Hall–Kier alpha value is -2.95. The molecule has 0 unspecified atom stereocenters. The van der Waals surface area contributed by atoms with Crippen LogP contribution in [-0.2, 0) is 15.7 Å². The lowest BCUT2D eigenvalue weighted by atomic mass is 9.82. The number of nitrogens with zero attached hydrogens (tertiary/aromatic N) is 4. The van der Waals surface area contributed by atoms with Gasteiger partial charge in [-0.05, 0) is 55.7 Å². The Morgan fingerprint density at radius 2 is 1.83 bits per heavy atom. The number of carbonyl (C=O) groups is 2. The highest BCUT2D eigenvalue weighted by atomic mass is 19.4. The third-order valence-corrected chi connectivity index (χ3v) is 7.06. The minimum absolute atomic E-state index is 0.00445. The first-order valence-electron chi connectivity index (χ1n) is 12.3. The number of amides is 1. The number of Topliss-reactive ketones (excluding diaryl/α,β-unsaturated/α-hetero) is 1. The molecule has 0 radical (unpaired) electrons. The van der Waals surface area contributed by atoms with Crippen LogP contribution in [0.4, 0.5) is 23.8 Å². The molecule has 8 nitrogen and oxygen atoms in total. The van der Waals surface area contributed by atoms with Crippen LogP contribution < -0.4 is 5.32 Å². The smallest absolute Gasteiger partial charge is 0.416 e. The largest absolute Gasteiger partial charge is 0.449 e. The Morgan fingerprint density at radius 3 is 2.50 bits per heavy atom. The highest BCUT2D eigenvalue weighted by molar-refractivity contribution is 5.91. The Labute approximate surface area is 208 Å². The highest BCUT2D eigenvalue weighted by Crippen LogP contribution is 2.34. The lowest BCUT2D eigenvalue weighted by Gasteiger charge is -2.46. The van der Waals surface area contributed by atoms with Gasteiger partial charge in [0.05, 0.1) is 24.2 Å². The maximum absolute atomic E-state index is 13.1. The van der Waals surface area contributed by atoms with Crippen LogP contribution in [0.15, 0.2) is 24.5 Å². The highest BCUT2D eigenvalue weighted by Gasteiger charge is 2.35. The maximum atomic E-state index is 13.1. The minimum Gasteiger partial charge on any atom is -0.449 e. The molecule has 1 aliphatic heterocycles. The van der Waals surface area contributed by atoms with Gasteiger partial charge in [-0.15, -0.1) is 0 Å². The van der Waals surface area contributed by atoms with Gasteiger partial charge >= 0.3 is 12.3 Å². The van der Waals surface area contributed by atoms with Crippen LogP contribution in [0, 0.1) is 11.8 Å². The summed E-state index contributed by atoms with van der Waals surface area (Å²) in [5.74, 6) is 0.921. The molecule has 2 aliphatic rings. The van der Waals surface area contributed by atoms with Gasteiger partial charge in [0.1, 0.15) is 12.1 Å². The van der Waals surface area contributed by atoms with Gasteiger partial charge < -0.3 is 15.0 Å². The molecule has 0 spiro atoms. The molecular formula is C25H32F3N5O3. The number of hydrogen-bond acceptors (Lipinski definition) is 7.